The average molecular weight is 398 g/mol. The molecule has 1 aliphatic heterocycles. The third-order valence-electron chi connectivity index (χ3n) is 4.65. The van der Waals surface area contributed by atoms with Crippen LogP contribution in [0.5, 0.6) is 0 Å². The average Bonchev–Trinajstić information content (AvgIpc) is 3.13. The highest BCUT2D eigenvalue weighted by molar-refractivity contribution is 7.89. The third-order valence-corrected chi connectivity index (χ3v) is 6.11. The van der Waals surface area contributed by atoms with Crippen molar-refractivity contribution in [3.8, 4) is 0 Å². The summed E-state index contributed by atoms with van der Waals surface area (Å²) in [5.41, 5.74) is 0.575. The maximum Gasteiger partial charge on any atom is 0.417 e. The maximum atomic E-state index is 13.1. The fourth-order valence-electron chi connectivity index (χ4n) is 3.25. The minimum absolute atomic E-state index is 0.0570. The summed E-state index contributed by atoms with van der Waals surface area (Å²) in [5.74, 6) is 0. The van der Waals surface area contributed by atoms with Crippen molar-refractivity contribution in [2.45, 2.75) is 37.0 Å². The van der Waals surface area contributed by atoms with Crippen LogP contribution in [0.3, 0.4) is 0 Å². The van der Waals surface area contributed by atoms with Crippen LogP contribution in [-0.2, 0) is 29.3 Å². The van der Waals surface area contributed by atoms with E-state index < -0.39 is 26.7 Å². The number of likely N-dealkylation sites (tertiary alicyclic amines) is 1. The standard InChI is InChI=1S/C19H21F3N2O2S/c20-19(21,22)17-9-3-4-10-18(17)27(25,26)23-13-15-7-1-2-8-16(15)14-24-11-5-6-12-24/h1-4,7-10,23H,5-6,11-14H2. The smallest absolute Gasteiger partial charge is 0.299 e. The molecule has 0 aromatic heterocycles. The van der Waals surface area contributed by atoms with Gasteiger partial charge < -0.3 is 0 Å². The van der Waals surface area contributed by atoms with E-state index in [0.29, 0.717) is 6.54 Å². The molecule has 1 heterocycles. The Morgan fingerprint density at radius 2 is 1.52 bits per heavy atom. The number of sulfonamides is 1. The quantitative estimate of drug-likeness (QED) is 0.806. The fraction of sp³-hybridized carbons (Fsp3) is 0.368. The minimum Gasteiger partial charge on any atom is -0.299 e. The molecule has 0 radical (unpaired) electrons. The normalized spacial score (nSPS) is 16.0. The molecule has 146 valence electrons. The summed E-state index contributed by atoms with van der Waals surface area (Å²) in [5, 5.41) is 0. The van der Waals surface area contributed by atoms with Gasteiger partial charge in [-0.3, -0.25) is 4.90 Å². The zero-order valence-electron chi connectivity index (χ0n) is 14.7. The van der Waals surface area contributed by atoms with Gasteiger partial charge in [0.15, 0.2) is 0 Å². The van der Waals surface area contributed by atoms with Crippen molar-refractivity contribution in [1.82, 2.24) is 9.62 Å². The molecule has 1 fully saturated rings. The Labute approximate surface area is 157 Å². The Bertz CT molecular complexity index is 892. The summed E-state index contributed by atoms with van der Waals surface area (Å²) < 4.78 is 66.7. The summed E-state index contributed by atoms with van der Waals surface area (Å²) >= 11 is 0. The first kappa shape index (κ1) is 19.9. The number of nitrogens with one attached hydrogen (secondary N) is 1. The van der Waals surface area contributed by atoms with E-state index in [1.165, 1.54) is 12.1 Å². The van der Waals surface area contributed by atoms with E-state index in [0.717, 1.165) is 49.2 Å². The summed E-state index contributed by atoms with van der Waals surface area (Å²) in [6, 6.07) is 11.6. The molecule has 0 aliphatic carbocycles. The van der Waals surface area contributed by atoms with Gasteiger partial charge in [0, 0.05) is 13.1 Å². The second kappa shape index (κ2) is 8.00. The lowest BCUT2D eigenvalue weighted by Gasteiger charge is -2.18. The van der Waals surface area contributed by atoms with Gasteiger partial charge in [-0.15, -0.1) is 0 Å². The number of nitrogens with zero attached hydrogens (tertiary/aromatic N) is 1. The minimum atomic E-state index is -4.74. The third kappa shape index (κ3) is 4.88. The molecule has 0 atom stereocenters. The predicted octanol–water partition coefficient (Wildman–Crippen LogP) is 3.78. The summed E-state index contributed by atoms with van der Waals surface area (Å²) in [6.07, 6.45) is -2.45. The van der Waals surface area contributed by atoms with Gasteiger partial charge in [0.2, 0.25) is 10.0 Å². The van der Waals surface area contributed by atoms with Gasteiger partial charge in [0.25, 0.3) is 0 Å². The number of benzene rings is 2. The van der Waals surface area contributed by atoms with Crippen LogP contribution in [0, 0.1) is 0 Å². The maximum absolute atomic E-state index is 13.1. The number of halogens is 3. The van der Waals surface area contributed by atoms with Crippen molar-refractivity contribution in [2.24, 2.45) is 0 Å². The number of alkyl halides is 3. The van der Waals surface area contributed by atoms with E-state index in [2.05, 4.69) is 9.62 Å². The lowest BCUT2D eigenvalue weighted by Crippen LogP contribution is -2.27. The molecule has 0 unspecified atom stereocenters. The monoisotopic (exact) mass is 398 g/mol. The zero-order chi connectivity index (χ0) is 19.5. The van der Waals surface area contributed by atoms with Gasteiger partial charge in [0.1, 0.15) is 0 Å². The molecule has 0 bridgehead atoms. The van der Waals surface area contributed by atoms with Gasteiger partial charge in [-0.2, -0.15) is 13.2 Å². The Morgan fingerprint density at radius 3 is 2.19 bits per heavy atom. The highest BCUT2D eigenvalue weighted by Crippen LogP contribution is 2.33. The van der Waals surface area contributed by atoms with E-state index in [1.54, 1.807) is 12.1 Å². The number of hydrogen-bond donors (Lipinski definition) is 1. The molecule has 1 aliphatic rings. The summed E-state index contributed by atoms with van der Waals surface area (Å²) in [7, 11) is -4.30. The molecule has 0 spiro atoms. The zero-order valence-corrected chi connectivity index (χ0v) is 15.5. The first-order valence-corrected chi connectivity index (χ1v) is 10.2. The van der Waals surface area contributed by atoms with Crippen molar-refractivity contribution in [3.63, 3.8) is 0 Å². The van der Waals surface area contributed by atoms with Crippen LogP contribution in [0.25, 0.3) is 0 Å². The van der Waals surface area contributed by atoms with Crippen LogP contribution in [0.4, 0.5) is 13.2 Å². The second-order valence-electron chi connectivity index (χ2n) is 6.57. The van der Waals surface area contributed by atoms with Crippen LogP contribution in [0.15, 0.2) is 53.4 Å². The van der Waals surface area contributed by atoms with E-state index in [4.69, 9.17) is 0 Å². The van der Waals surface area contributed by atoms with Crippen molar-refractivity contribution >= 4 is 10.0 Å². The Balaban J connectivity index is 1.79. The first-order valence-electron chi connectivity index (χ1n) is 8.72. The summed E-state index contributed by atoms with van der Waals surface area (Å²) in [4.78, 5) is 1.53. The Morgan fingerprint density at radius 1 is 0.926 bits per heavy atom. The molecule has 2 aromatic rings. The molecule has 8 heteroatoms. The highest BCUT2D eigenvalue weighted by Gasteiger charge is 2.36. The van der Waals surface area contributed by atoms with Crippen LogP contribution >= 0.6 is 0 Å². The van der Waals surface area contributed by atoms with Gasteiger partial charge >= 0.3 is 6.18 Å². The van der Waals surface area contributed by atoms with Gasteiger partial charge in [-0.05, 0) is 49.2 Å². The fourth-order valence-corrected chi connectivity index (χ4v) is 4.48. The lowest BCUT2D eigenvalue weighted by molar-refractivity contribution is -0.139. The second-order valence-corrected chi connectivity index (χ2v) is 8.31. The van der Waals surface area contributed by atoms with Crippen molar-refractivity contribution in [1.29, 1.82) is 0 Å². The predicted molar refractivity (Wildman–Crippen MR) is 96.4 cm³/mol. The molecule has 0 saturated carbocycles. The topological polar surface area (TPSA) is 49.4 Å². The number of rotatable bonds is 6. The molecule has 4 nitrogen and oxygen atoms in total. The Kier molecular flexibility index (Phi) is 5.88. The molecular formula is C19H21F3N2O2S. The van der Waals surface area contributed by atoms with Crippen molar-refractivity contribution < 1.29 is 21.6 Å². The molecule has 3 rings (SSSR count). The van der Waals surface area contributed by atoms with E-state index in [-0.39, 0.29) is 6.54 Å². The Hall–Kier alpha value is -1.90. The largest absolute Gasteiger partial charge is 0.417 e. The van der Waals surface area contributed by atoms with Gasteiger partial charge in [-0.1, -0.05) is 36.4 Å². The van der Waals surface area contributed by atoms with Crippen LogP contribution in [0.2, 0.25) is 0 Å². The molecule has 0 amide bonds. The molecular weight excluding hydrogens is 377 g/mol. The highest BCUT2D eigenvalue weighted by atomic mass is 32.2. The lowest BCUT2D eigenvalue weighted by atomic mass is 10.1. The van der Waals surface area contributed by atoms with E-state index >= 15 is 0 Å². The molecule has 27 heavy (non-hydrogen) atoms. The van der Waals surface area contributed by atoms with Gasteiger partial charge in [0.05, 0.1) is 10.5 Å². The van der Waals surface area contributed by atoms with Crippen LogP contribution < -0.4 is 4.72 Å². The molecule has 1 saturated heterocycles. The number of hydrogen-bond acceptors (Lipinski definition) is 3. The van der Waals surface area contributed by atoms with Crippen LogP contribution in [0.1, 0.15) is 29.5 Å². The first-order chi connectivity index (χ1) is 12.8. The van der Waals surface area contributed by atoms with Crippen molar-refractivity contribution in [3.05, 3.63) is 65.2 Å². The van der Waals surface area contributed by atoms with Crippen LogP contribution in [-0.4, -0.2) is 26.4 Å². The SMILES string of the molecule is O=S(=O)(NCc1ccccc1CN1CCCC1)c1ccccc1C(F)(F)F. The molecule has 2 aromatic carbocycles. The van der Waals surface area contributed by atoms with E-state index in [9.17, 15) is 21.6 Å². The molecule has 1 N–H and O–H groups in total. The van der Waals surface area contributed by atoms with Gasteiger partial charge in [-0.25, -0.2) is 13.1 Å². The van der Waals surface area contributed by atoms with E-state index in [1.807, 2.05) is 12.1 Å². The van der Waals surface area contributed by atoms with Crippen molar-refractivity contribution in [2.75, 3.05) is 13.1 Å². The summed E-state index contributed by atoms with van der Waals surface area (Å²) in [6.45, 7) is 2.65.